The third-order valence-corrected chi connectivity index (χ3v) is 1.99. The summed E-state index contributed by atoms with van der Waals surface area (Å²) in [5, 5.41) is 0. The van der Waals surface area contributed by atoms with Crippen molar-refractivity contribution in [1.29, 1.82) is 0 Å². The summed E-state index contributed by atoms with van der Waals surface area (Å²) in [6.07, 6.45) is 6.96. The number of rotatable bonds is 6. The van der Waals surface area contributed by atoms with Gasteiger partial charge in [0.1, 0.15) is 6.34 Å². The predicted octanol–water partition coefficient (Wildman–Crippen LogP) is 3.22. The molecule has 0 aromatic heterocycles. The Kier molecular flexibility index (Phi) is 6.79. The highest BCUT2D eigenvalue weighted by atomic mass is 14.8. The zero-order valence-corrected chi connectivity index (χ0v) is 8.53. The standard InChI is InChI=1S/C11H18N2/c1-5-10(6-2)11(7-3)13-9-12-8-4/h7-10H,3-6H2,1-2H3. The molecular weight excluding hydrogens is 160 g/mol. The highest BCUT2D eigenvalue weighted by molar-refractivity contribution is 6.00. The molecule has 0 radical (unpaired) electrons. The second-order valence-corrected chi connectivity index (χ2v) is 2.72. The Balaban J connectivity index is 4.45. The minimum Gasteiger partial charge on any atom is -0.245 e. The molecule has 72 valence electrons. The molecule has 0 saturated heterocycles. The normalized spacial score (nSPS) is 12.4. The van der Waals surface area contributed by atoms with Gasteiger partial charge >= 0.3 is 0 Å². The molecule has 0 aliphatic carbocycles. The molecule has 0 rings (SSSR count). The van der Waals surface area contributed by atoms with Gasteiger partial charge in [-0.1, -0.05) is 27.0 Å². The molecule has 0 aliphatic rings. The first kappa shape index (κ1) is 11.8. The lowest BCUT2D eigenvalue weighted by atomic mass is 9.97. The monoisotopic (exact) mass is 178 g/mol. The van der Waals surface area contributed by atoms with Crippen molar-refractivity contribution >= 4 is 12.1 Å². The third-order valence-electron chi connectivity index (χ3n) is 1.99. The Morgan fingerprint density at radius 2 is 1.92 bits per heavy atom. The van der Waals surface area contributed by atoms with Crippen molar-refractivity contribution in [3.63, 3.8) is 0 Å². The average Bonchev–Trinajstić information content (AvgIpc) is 2.17. The summed E-state index contributed by atoms with van der Waals surface area (Å²) in [6.45, 7) is 11.5. The fourth-order valence-corrected chi connectivity index (χ4v) is 1.18. The van der Waals surface area contributed by atoms with E-state index in [1.807, 2.05) is 0 Å². The Bertz CT molecular complexity index is 210. The number of hydrogen-bond donors (Lipinski definition) is 0. The maximum absolute atomic E-state index is 4.21. The van der Waals surface area contributed by atoms with Gasteiger partial charge in [-0.15, -0.1) is 0 Å². The second-order valence-electron chi connectivity index (χ2n) is 2.72. The molecular formula is C11H18N2. The minimum atomic E-state index is 0.494. The lowest BCUT2D eigenvalue weighted by Crippen LogP contribution is -2.10. The van der Waals surface area contributed by atoms with Gasteiger partial charge in [0, 0.05) is 17.8 Å². The van der Waals surface area contributed by atoms with Gasteiger partial charge in [0.15, 0.2) is 0 Å². The summed E-state index contributed by atoms with van der Waals surface area (Å²) in [5.74, 6) is 0.494. The fraction of sp³-hybridized carbons (Fsp3) is 0.455. The first-order valence-electron chi connectivity index (χ1n) is 4.62. The highest BCUT2D eigenvalue weighted by Gasteiger charge is 2.07. The molecule has 13 heavy (non-hydrogen) atoms. The van der Waals surface area contributed by atoms with Crippen LogP contribution in [-0.4, -0.2) is 12.1 Å². The first-order chi connectivity index (χ1) is 6.29. The molecule has 0 amide bonds. The average molecular weight is 178 g/mol. The molecule has 0 bridgehead atoms. The van der Waals surface area contributed by atoms with Crippen molar-refractivity contribution in [2.24, 2.45) is 15.9 Å². The Labute approximate surface area is 80.8 Å². The van der Waals surface area contributed by atoms with E-state index in [2.05, 4.69) is 37.0 Å². The Hall–Kier alpha value is -1.18. The van der Waals surface area contributed by atoms with E-state index in [1.165, 1.54) is 12.5 Å². The first-order valence-corrected chi connectivity index (χ1v) is 4.62. The third kappa shape index (κ3) is 4.41. The minimum absolute atomic E-state index is 0.494. The maximum Gasteiger partial charge on any atom is 0.115 e. The smallest absolute Gasteiger partial charge is 0.115 e. The molecule has 0 aromatic rings. The van der Waals surface area contributed by atoms with Crippen molar-refractivity contribution < 1.29 is 0 Å². The summed E-state index contributed by atoms with van der Waals surface area (Å²) in [6, 6.07) is 0. The van der Waals surface area contributed by atoms with Crippen LogP contribution in [0.2, 0.25) is 0 Å². The van der Waals surface area contributed by atoms with Gasteiger partial charge in [-0.3, -0.25) is 0 Å². The maximum atomic E-state index is 4.21. The van der Waals surface area contributed by atoms with Gasteiger partial charge in [-0.25, -0.2) is 9.98 Å². The zero-order valence-electron chi connectivity index (χ0n) is 8.53. The van der Waals surface area contributed by atoms with Crippen molar-refractivity contribution in [2.45, 2.75) is 26.7 Å². The molecule has 0 aliphatic heterocycles. The van der Waals surface area contributed by atoms with Crippen LogP contribution in [0.3, 0.4) is 0 Å². The largest absolute Gasteiger partial charge is 0.245 e. The van der Waals surface area contributed by atoms with Gasteiger partial charge in [0.05, 0.1) is 0 Å². The van der Waals surface area contributed by atoms with Crippen molar-refractivity contribution in [2.75, 3.05) is 0 Å². The number of hydrogen-bond acceptors (Lipinski definition) is 1. The summed E-state index contributed by atoms with van der Waals surface area (Å²) in [5.41, 5.74) is 1.01. The van der Waals surface area contributed by atoms with Crippen LogP contribution in [0.4, 0.5) is 0 Å². The van der Waals surface area contributed by atoms with Crippen LogP contribution in [0.5, 0.6) is 0 Å². The molecule has 0 unspecified atom stereocenters. The van der Waals surface area contributed by atoms with E-state index in [4.69, 9.17) is 0 Å². The second kappa shape index (κ2) is 7.47. The number of nitrogens with zero attached hydrogens (tertiary/aromatic N) is 2. The van der Waals surface area contributed by atoms with Gasteiger partial charge in [-0.2, -0.15) is 0 Å². The molecule has 0 saturated carbocycles. The van der Waals surface area contributed by atoms with Gasteiger partial charge in [0.25, 0.3) is 0 Å². The van der Waals surface area contributed by atoms with Crippen LogP contribution in [0.1, 0.15) is 26.7 Å². The van der Waals surface area contributed by atoms with Crippen LogP contribution in [0.25, 0.3) is 0 Å². The van der Waals surface area contributed by atoms with E-state index < -0.39 is 0 Å². The Morgan fingerprint density at radius 3 is 2.31 bits per heavy atom. The van der Waals surface area contributed by atoms with E-state index in [0.29, 0.717) is 5.92 Å². The zero-order chi connectivity index (χ0) is 10.1. The molecule has 0 heterocycles. The fourth-order valence-electron chi connectivity index (χ4n) is 1.18. The molecule has 2 nitrogen and oxygen atoms in total. The van der Waals surface area contributed by atoms with E-state index in [9.17, 15) is 0 Å². The predicted molar refractivity (Wildman–Crippen MR) is 60.4 cm³/mol. The Morgan fingerprint density at radius 1 is 1.31 bits per heavy atom. The molecule has 0 N–H and O–H groups in total. The topological polar surface area (TPSA) is 24.7 Å². The van der Waals surface area contributed by atoms with Gasteiger partial charge in [-0.05, 0) is 18.9 Å². The lowest BCUT2D eigenvalue weighted by Gasteiger charge is -2.10. The number of allylic oxidation sites excluding steroid dienone is 1. The van der Waals surface area contributed by atoms with Crippen molar-refractivity contribution in [3.8, 4) is 0 Å². The summed E-state index contributed by atoms with van der Waals surface area (Å²) >= 11 is 0. The molecule has 2 heteroatoms. The van der Waals surface area contributed by atoms with Crippen LogP contribution in [-0.2, 0) is 0 Å². The number of aliphatic imine (C=N–C) groups is 2. The summed E-state index contributed by atoms with van der Waals surface area (Å²) in [7, 11) is 0. The van der Waals surface area contributed by atoms with Crippen molar-refractivity contribution in [3.05, 3.63) is 25.4 Å². The molecule has 0 fully saturated rings. The van der Waals surface area contributed by atoms with E-state index in [-0.39, 0.29) is 0 Å². The highest BCUT2D eigenvalue weighted by Crippen LogP contribution is 2.10. The van der Waals surface area contributed by atoms with E-state index in [1.54, 1.807) is 6.08 Å². The molecule has 0 spiro atoms. The summed E-state index contributed by atoms with van der Waals surface area (Å²) in [4.78, 5) is 8.02. The van der Waals surface area contributed by atoms with Crippen LogP contribution >= 0.6 is 0 Å². The van der Waals surface area contributed by atoms with Gasteiger partial charge in [0.2, 0.25) is 0 Å². The SMILES string of the molecule is C=CN=CN=C(C=C)C(CC)CC. The quantitative estimate of drug-likeness (QED) is 0.440. The lowest BCUT2D eigenvalue weighted by molar-refractivity contribution is 0.646. The van der Waals surface area contributed by atoms with Crippen LogP contribution in [0, 0.1) is 5.92 Å². The van der Waals surface area contributed by atoms with Crippen molar-refractivity contribution in [1.82, 2.24) is 0 Å². The summed E-state index contributed by atoms with van der Waals surface area (Å²) < 4.78 is 0. The van der Waals surface area contributed by atoms with E-state index >= 15 is 0 Å². The van der Waals surface area contributed by atoms with Crippen LogP contribution in [0.15, 0.2) is 35.4 Å². The molecule has 0 aromatic carbocycles. The van der Waals surface area contributed by atoms with Gasteiger partial charge < -0.3 is 0 Å². The van der Waals surface area contributed by atoms with Crippen LogP contribution < -0.4 is 0 Å². The molecule has 0 atom stereocenters. The van der Waals surface area contributed by atoms with E-state index in [0.717, 1.165) is 18.6 Å².